The van der Waals surface area contributed by atoms with Gasteiger partial charge in [0.15, 0.2) is 0 Å². The predicted molar refractivity (Wildman–Crippen MR) is 131 cm³/mol. The number of piperidine rings is 1. The number of aryl methyl sites for hydroxylation is 1. The Hall–Kier alpha value is -4.67. The maximum atomic E-state index is 12.7. The minimum absolute atomic E-state index is 0.0239. The van der Waals surface area contributed by atoms with Gasteiger partial charge in [0.2, 0.25) is 17.6 Å². The topological polar surface area (TPSA) is 143 Å². The molecule has 5 heterocycles. The lowest BCUT2D eigenvalue weighted by Crippen LogP contribution is -2.38. The number of hydrogen-bond donors (Lipinski definition) is 2. The molecule has 11 heteroatoms. The third kappa shape index (κ3) is 4.76. The standard InChI is InChI=1S/C25H24N8O3/c1-3-21(34)33-11-5-6-17(14-33)25-30-23(32-36-25)16-9-10-20(26-13-16)29-24(35)19-8-4-7-18(28-19)22-15(2)12-27-31-22/h3-4,7-10,12-13,17H,1,5-6,11,14H2,2H3,(H,27,31)(H,26,29,35). The van der Waals surface area contributed by atoms with Crippen LogP contribution in [0.1, 0.15) is 40.7 Å². The van der Waals surface area contributed by atoms with Crippen molar-refractivity contribution in [3.8, 4) is 22.8 Å². The van der Waals surface area contributed by atoms with E-state index in [0.717, 1.165) is 24.1 Å². The summed E-state index contributed by atoms with van der Waals surface area (Å²) in [5.41, 5.74) is 3.23. The third-order valence-electron chi connectivity index (χ3n) is 6.03. The molecule has 1 fully saturated rings. The Morgan fingerprint density at radius 2 is 2.11 bits per heavy atom. The smallest absolute Gasteiger partial charge is 0.275 e. The first-order valence-corrected chi connectivity index (χ1v) is 11.5. The molecule has 0 spiro atoms. The lowest BCUT2D eigenvalue weighted by atomic mass is 9.98. The van der Waals surface area contributed by atoms with Crippen molar-refractivity contribution >= 4 is 17.6 Å². The fourth-order valence-electron chi connectivity index (χ4n) is 4.11. The maximum absolute atomic E-state index is 12.7. The summed E-state index contributed by atoms with van der Waals surface area (Å²) in [6, 6.07) is 8.63. The van der Waals surface area contributed by atoms with Gasteiger partial charge in [-0.15, -0.1) is 0 Å². The molecule has 11 nitrogen and oxygen atoms in total. The van der Waals surface area contributed by atoms with Gasteiger partial charge >= 0.3 is 0 Å². The van der Waals surface area contributed by atoms with Crippen molar-refractivity contribution in [2.45, 2.75) is 25.7 Å². The number of hydrogen-bond acceptors (Lipinski definition) is 8. The van der Waals surface area contributed by atoms with E-state index in [1.807, 2.05) is 13.0 Å². The first-order chi connectivity index (χ1) is 17.5. The Morgan fingerprint density at radius 1 is 1.22 bits per heavy atom. The Bertz CT molecular complexity index is 1410. The fraction of sp³-hybridized carbons (Fsp3) is 0.240. The predicted octanol–water partition coefficient (Wildman–Crippen LogP) is 3.37. The fourth-order valence-corrected chi connectivity index (χ4v) is 4.11. The second-order valence-electron chi connectivity index (χ2n) is 8.51. The van der Waals surface area contributed by atoms with Gasteiger partial charge in [-0.25, -0.2) is 9.97 Å². The zero-order valence-corrected chi connectivity index (χ0v) is 19.6. The number of anilines is 1. The Balaban J connectivity index is 1.25. The van der Waals surface area contributed by atoms with Crippen LogP contribution in [0.5, 0.6) is 0 Å². The summed E-state index contributed by atoms with van der Waals surface area (Å²) in [6.45, 7) is 6.69. The van der Waals surface area contributed by atoms with Crippen LogP contribution in [0.15, 0.2) is 59.9 Å². The van der Waals surface area contributed by atoms with Crippen molar-refractivity contribution < 1.29 is 14.1 Å². The van der Waals surface area contributed by atoms with Crippen LogP contribution in [0.4, 0.5) is 5.82 Å². The van der Waals surface area contributed by atoms with Gasteiger partial charge in [-0.1, -0.05) is 17.8 Å². The summed E-state index contributed by atoms with van der Waals surface area (Å²) in [4.78, 5) is 39.7. The molecule has 4 aromatic rings. The van der Waals surface area contributed by atoms with Crippen LogP contribution in [0.3, 0.4) is 0 Å². The first kappa shape index (κ1) is 23.1. The molecule has 0 aromatic carbocycles. The minimum Gasteiger partial charge on any atom is -0.339 e. The molecule has 0 radical (unpaired) electrons. The number of pyridine rings is 2. The van der Waals surface area contributed by atoms with Crippen molar-refractivity contribution in [3.05, 3.63) is 72.5 Å². The van der Waals surface area contributed by atoms with Gasteiger partial charge in [-0.05, 0) is 55.7 Å². The molecule has 1 aliphatic heterocycles. The van der Waals surface area contributed by atoms with E-state index < -0.39 is 0 Å². The van der Waals surface area contributed by atoms with E-state index in [1.165, 1.54) is 6.08 Å². The number of carbonyl (C=O) groups is 2. The average molecular weight is 485 g/mol. The molecule has 0 bridgehead atoms. The summed E-state index contributed by atoms with van der Waals surface area (Å²) in [7, 11) is 0. The molecule has 0 saturated carbocycles. The van der Waals surface area contributed by atoms with Gasteiger partial charge in [0.25, 0.3) is 5.91 Å². The van der Waals surface area contributed by atoms with Crippen LogP contribution in [0.25, 0.3) is 22.8 Å². The van der Waals surface area contributed by atoms with Gasteiger partial charge in [0.1, 0.15) is 11.5 Å². The molecule has 182 valence electrons. The maximum Gasteiger partial charge on any atom is 0.275 e. The van der Waals surface area contributed by atoms with Crippen LogP contribution < -0.4 is 5.32 Å². The van der Waals surface area contributed by atoms with E-state index in [1.54, 1.807) is 41.6 Å². The molecule has 36 heavy (non-hydrogen) atoms. The van der Waals surface area contributed by atoms with E-state index in [9.17, 15) is 9.59 Å². The second kappa shape index (κ2) is 9.90. The highest BCUT2D eigenvalue weighted by Gasteiger charge is 2.28. The highest BCUT2D eigenvalue weighted by molar-refractivity contribution is 6.02. The van der Waals surface area contributed by atoms with E-state index in [0.29, 0.717) is 41.9 Å². The van der Waals surface area contributed by atoms with Gasteiger partial charge < -0.3 is 14.7 Å². The summed E-state index contributed by atoms with van der Waals surface area (Å²) >= 11 is 0. The van der Waals surface area contributed by atoms with Crippen LogP contribution in [0, 0.1) is 6.92 Å². The molecule has 2 N–H and O–H groups in total. The van der Waals surface area contributed by atoms with Crippen LogP contribution in [0.2, 0.25) is 0 Å². The second-order valence-corrected chi connectivity index (χ2v) is 8.51. The molecule has 1 saturated heterocycles. The van der Waals surface area contributed by atoms with Gasteiger partial charge in [0, 0.05) is 24.8 Å². The molecule has 0 aliphatic carbocycles. The lowest BCUT2D eigenvalue weighted by Gasteiger charge is -2.30. The Morgan fingerprint density at radius 3 is 2.86 bits per heavy atom. The SMILES string of the molecule is C=CC(=O)N1CCCC(c2nc(-c3ccc(NC(=O)c4cccc(-c5[nH]ncc5C)n4)nc3)no2)C1. The largest absolute Gasteiger partial charge is 0.339 e. The minimum atomic E-state index is -0.382. The molecule has 1 aliphatic rings. The number of aromatic nitrogens is 6. The molecule has 1 atom stereocenters. The number of nitrogens with one attached hydrogen (secondary N) is 2. The molecule has 1 unspecified atom stereocenters. The van der Waals surface area contributed by atoms with E-state index in [4.69, 9.17) is 4.52 Å². The summed E-state index contributed by atoms with van der Waals surface area (Å²) < 4.78 is 5.49. The Kier molecular flexibility index (Phi) is 6.35. The molecular weight excluding hydrogens is 460 g/mol. The molecule has 5 rings (SSSR count). The van der Waals surface area contributed by atoms with Crippen molar-refractivity contribution in [1.29, 1.82) is 0 Å². The molecule has 4 aromatic heterocycles. The Labute approximate surface area is 206 Å². The number of likely N-dealkylation sites (tertiary alicyclic amines) is 1. The zero-order chi connectivity index (χ0) is 25.1. The molecule has 2 amide bonds. The summed E-state index contributed by atoms with van der Waals surface area (Å²) in [5.74, 6) is 0.744. The van der Waals surface area contributed by atoms with Gasteiger partial charge in [-0.2, -0.15) is 10.1 Å². The quantitative estimate of drug-likeness (QED) is 0.397. The highest BCUT2D eigenvalue weighted by Crippen LogP contribution is 2.28. The number of H-pyrrole nitrogens is 1. The number of aromatic amines is 1. The summed E-state index contributed by atoms with van der Waals surface area (Å²) in [5, 5.41) is 13.7. The summed E-state index contributed by atoms with van der Waals surface area (Å²) in [6.07, 6.45) is 6.31. The number of carbonyl (C=O) groups excluding carboxylic acids is 2. The van der Waals surface area contributed by atoms with Gasteiger partial charge in [0.05, 0.1) is 23.5 Å². The first-order valence-electron chi connectivity index (χ1n) is 11.5. The number of rotatable bonds is 6. The van der Waals surface area contributed by atoms with Crippen LogP contribution in [-0.2, 0) is 4.79 Å². The highest BCUT2D eigenvalue weighted by atomic mass is 16.5. The molecular formula is C25H24N8O3. The van der Waals surface area contributed by atoms with Gasteiger partial charge in [-0.3, -0.25) is 14.7 Å². The van der Waals surface area contributed by atoms with E-state index in [-0.39, 0.29) is 23.4 Å². The van der Waals surface area contributed by atoms with Crippen LogP contribution >= 0.6 is 0 Å². The number of nitrogens with zero attached hydrogens (tertiary/aromatic N) is 6. The zero-order valence-electron chi connectivity index (χ0n) is 19.6. The van der Waals surface area contributed by atoms with E-state index in [2.05, 4.69) is 42.2 Å². The van der Waals surface area contributed by atoms with Crippen molar-refractivity contribution in [1.82, 2.24) is 35.2 Å². The number of amides is 2. The van der Waals surface area contributed by atoms with E-state index >= 15 is 0 Å². The van der Waals surface area contributed by atoms with Crippen LogP contribution in [-0.4, -0.2) is 60.1 Å². The van der Waals surface area contributed by atoms with Crippen molar-refractivity contribution in [2.75, 3.05) is 18.4 Å². The average Bonchev–Trinajstić information content (AvgIpc) is 3.58. The normalized spacial score (nSPS) is 15.5. The lowest BCUT2D eigenvalue weighted by molar-refractivity contribution is -0.127. The van der Waals surface area contributed by atoms with Crippen molar-refractivity contribution in [2.24, 2.45) is 0 Å². The third-order valence-corrected chi connectivity index (χ3v) is 6.03. The van der Waals surface area contributed by atoms with Crippen molar-refractivity contribution in [3.63, 3.8) is 0 Å². The monoisotopic (exact) mass is 484 g/mol.